The van der Waals surface area contributed by atoms with Crippen molar-refractivity contribution in [2.45, 2.75) is 290 Å². The molecule has 0 aromatic carbocycles. The first-order valence-electron chi connectivity index (χ1n) is 25.7. The predicted octanol–water partition coefficient (Wildman–Crippen LogP) is 16.6. The predicted molar refractivity (Wildman–Crippen MR) is 247 cm³/mol. The van der Waals surface area contributed by atoms with Gasteiger partial charge in [0.05, 0.1) is 0 Å². The molecule has 0 radical (unpaired) electrons. The molecule has 1 unspecified atom stereocenters. The molecular formula is C52H98O6. The zero-order valence-corrected chi connectivity index (χ0v) is 39.1. The van der Waals surface area contributed by atoms with E-state index in [0.717, 1.165) is 57.8 Å². The standard InChI is InChI=1S/C52H98O6/c1-4-7-10-13-16-19-21-23-24-25-26-27-29-30-33-36-39-42-45-51(54)57-48-49(47-56-50(53)44-41-38-35-32-18-15-12-9-6-3)58-52(55)46-43-40-37-34-31-28-22-20-17-14-11-8-5-2/h32,35,49H,4-31,33-34,36-48H2,1-3H3/b35-32-. The molecule has 0 aliphatic carbocycles. The first-order chi connectivity index (χ1) is 28.5. The fraction of sp³-hybridized carbons (Fsp3) is 0.904. The molecule has 0 aliphatic heterocycles. The van der Waals surface area contributed by atoms with Gasteiger partial charge in [0, 0.05) is 19.3 Å². The Kier molecular flexibility index (Phi) is 46.3. The normalized spacial score (nSPS) is 12.0. The van der Waals surface area contributed by atoms with Crippen LogP contribution in [0.5, 0.6) is 0 Å². The minimum atomic E-state index is -0.772. The summed E-state index contributed by atoms with van der Waals surface area (Å²) in [5.74, 6) is -0.895. The lowest BCUT2D eigenvalue weighted by Gasteiger charge is -2.18. The van der Waals surface area contributed by atoms with E-state index in [1.807, 2.05) is 0 Å². The Morgan fingerprint density at radius 3 is 0.931 bits per heavy atom. The Balaban J connectivity index is 4.25. The quantitative estimate of drug-likeness (QED) is 0.0263. The lowest BCUT2D eigenvalue weighted by Crippen LogP contribution is -2.30. The summed E-state index contributed by atoms with van der Waals surface area (Å²) in [6.45, 7) is 6.61. The van der Waals surface area contributed by atoms with Gasteiger partial charge in [0.25, 0.3) is 0 Å². The van der Waals surface area contributed by atoms with Crippen molar-refractivity contribution in [1.29, 1.82) is 0 Å². The molecule has 6 nitrogen and oxygen atoms in total. The van der Waals surface area contributed by atoms with Gasteiger partial charge in [-0.3, -0.25) is 14.4 Å². The van der Waals surface area contributed by atoms with Crippen LogP contribution in [-0.4, -0.2) is 37.2 Å². The molecule has 0 heterocycles. The number of carbonyl (C=O) groups excluding carboxylic acids is 3. The first kappa shape index (κ1) is 56.1. The van der Waals surface area contributed by atoms with Crippen LogP contribution in [0.25, 0.3) is 0 Å². The largest absolute Gasteiger partial charge is 0.462 e. The molecule has 0 amide bonds. The highest BCUT2D eigenvalue weighted by molar-refractivity contribution is 5.71. The van der Waals surface area contributed by atoms with Crippen molar-refractivity contribution >= 4 is 17.9 Å². The number of carbonyl (C=O) groups is 3. The summed E-state index contributed by atoms with van der Waals surface area (Å²) in [5.41, 5.74) is 0. The van der Waals surface area contributed by atoms with Crippen molar-refractivity contribution in [3.8, 4) is 0 Å². The number of unbranched alkanes of at least 4 members (excludes halogenated alkanes) is 34. The van der Waals surface area contributed by atoms with E-state index in [2.05, 4.69) is 32.9 Å². The second-order valence-corrected chi connectivity index (χ2v) is 17.4. The molecule has 0 bridgehead atoms. The minimum Gasteiger partial charge on any atom is -0.462 e. The maximum absolute atomic E-state index is 12.7. The summed E-state index contributed by atoms with van der Waals surface area (Å²) in [6, 6.07) is 0. The summed E-state index contributed by atoms with van der Waals surface area (Å²) in [4.78, 5) is 37.8. The molecule has 0 N–H and O–H groups in total. The van der Waals surface area contributed by atoms with E-state index >= 15 is 0 Å². The van der Waals surface area contributed by atoms with Crippen LogP contribution in [0.15, 0.2) is 12.2 Å². The lowest BCUT2D eigenvalue weighted by atomic mass is 10.0. The molecule has 0 aromatic heterocycles. The van der Waals surface area contributed by atoms with Crippen LogP contribution in [0.4, 0.5) is 0 Å². The van der Waals surface area contributed by atoms with Crippen molar-refractivity contribution < 1.29 is 28.6 Å². The van der Waals surface area contributed by atoms with E-state index in [1.54, 1.807) is 0 Å². The van der Waals surface area contributed by atoms with Crippen LogP contribution in [0.2, 0.25) is 0 Å². The summed E-state index contributed by atoms with van der Waals surface area (Å²) >= 11 is 0. The Bertz CT molecular complexity index is 900. The van der Waals surface area contributed by atoms with Gasteiger partial charge >= 0.3 is 17.9 Å². The third-order valence-corrected chi connectivity index (χ3v) is 11.5. The van der Waals surface area contributed by atoms with Crippen molar-refractivity contribution in [2.75, 3.05) is 13.2 Å². The molecule has 1 atom stereocenters. The Morgan fingerprint density at radius 1 is 0.328 bits per heavy atom. The highest BCUT2D eigenvalue weighted by atomic mass is 16.6. The van der Waals surface area contributed by atoms with Crippen LogP contribution >= 0.6 is 0 Å². The maximum atomic E-state index is 12.7. The number of ether oxygens (including phenoxy) is 3. The highest BCUT2D eigenvalue weighted by Gasteiger charge is 2.19. The molecular weight excluding hydrogens is 721 g/mol. The summed E-state index contributed by atoms with van der Waals surface area (Å²) in [7, 11) is 0. The molecule has 342 valence electrons. The van der Waals surface area contributed by atoms with Gasteiger partial charge in [-0.05, 0) is 38.5 Å². The van der Waals surface area contributed by atoms with Crippen molar-refractivity contribution in [1.82, 2.24) is 0 Å². The molecule has 0 spiro atoms. The Hall–Kier alpha value is -1.85. The zero-order chi connectivity index (χ0) is 42.3. The minimum absolute atomic E-state index is 0.0731. The van der Waals surface area contributed by atoms with Gasteiger partial charge in [0.2, 0.25) is 0 Å². The number of allylic oxidation sites excluding steroid dienone is 2. The SMILES string of the molecule is CCCCCC/C=C\CCCC(=O)OCC(COC(=O)CCCCCCCCCCCCCCCCCCCC)OC(=O)CCCCCCCCCCCCCCC. The van der Waals surface area contributed by atoms with Crippen molar-refractivity contribution in [2.24, 2.45) is 0 Å². The Labute approximate surface area is 360 Å². The van der Waals surface area contributed by atoms with E-state index in [4.69, 9.17) is 14.2 Å². The third-order valence-electron chi connectivity index (χ3n) is 11.5. The smallest absolute Gasteiger partial charge is 0.306 e. The molecule has 0 rings (SSSR count). The van der Waals surface area contributed by atoms with Gasteiger partial charge < -0.3 is 14.2 Å². The lowest BCUT2D eigenvalue weighted by molar-refractivity contribution is -0.167. The monoisotopic (exact) mass is 819 g/mol. The van der Waals surface area contributed by atoms with Crippen LogP contribution in [-0.2, 0) is 28.6 Å². The van der Waals surface area contributed by atoms with Gasteiger partial charge in [0.15, 0.2) is 6.10 Å². The van der Waals surface area contributed by atoms with E-state index in [0.29, 0.717) is 19.3 Å². The van der Waals surface area contributed by atoms with Gasteiger partial charge in [0.1, 0.15) is 13.2 Å². The van der Waals surface area contributed by atoms with Crippen LogP contribution in [0.1, 0.15) is 284 Å². The average molecular weight is 819 g/mol. The molecule has 0 saturated heterocycles. The van der Waals surface area contributed by atoms with E-state index < -0.39 is 6.10 Å². The molecule has 0 saturated carbocycles. The van der Waals surface area contributed by atoms with Crippen LogP contribution < -0.4 is 0 Å². The van der Waals surface area contributed by atoms with Crippen LogP contribution in [0, 0.1) is 0 Å². The molecule has 6 heteroatoms. The average Bonchev–Trinajstić information content (AvgIpc) is 3.22. The third kappa shape index (κ3) is 45.2. The maximum Gasteiger partial charge on any atom is 0.306 e. The zero-order valence-electron chi connectivity index (χ0n) is 39.1. The van der Waals surface area contributed by atoms with Gasteiger partial charge in [-0.15, -0.1) is 0 Å². The van der Waals surface area contributed by atoms with Gasteiger partial charge in [-0.2, -0.15) is 0 Å². The number of hydrogen-bond donors (Lipinski definition) is 0. The van der Waals surface area contributed by atoms with E-state index in [-0.39, 0.29) is 31.1 Å². The molecule has 0 fully saturated rings. The fourth-order valence-electron chi connectivity index (χ4n) is 7.62. The second-order valence-electron chi connectivity index (χ2n) is 17.4. The molecule has 0 aliphatic rings. The first-order valence-corrected chi connectivity index (χ1v) is 25.7. The van der Waals surface area contributed by atoms with Crippen LogP contribution in [0.3, 0.4) is 0 Å². The van der Waals surface area contributed by atoms with Crippen molar-refractivity contribution in [3.05, 3.63) is 12.2 Å². The topological polar surface area (TPSA) is 78.9 Å². The molecule has 0 aromatic rings. The Morgan fingerprint density at radius 2 is 0.586 bits per heavy atom. The second kappa shape index (κ2) is 47.8. The number of rotatable bonds is 47. The van der Waals surface area contributed by atoms with Crippen molar-refractivity contribution in [3.63, 3.8) is 0 Å². The van der Waals surface area contributed by atoms with Gasteiger partial charge in [-0.1, -0.05) is 238 Å². The number of hydrogen-bond acceptors (Lipinski definition) is 6. The summed E-state index contributed by atoms with van der Waals surface area (Å²) in [6.07, 6.45) is 52.1. The number of esters is 3. The van der Waals surface area contributed by atoms with Gasteiger partial charge in [-0.25, -0.2) is 0 Å². The fourth-order valence-corrected chi connectivity index (χ4v) is 7.62. The highest BCUT2D eigenvalue weighted by Crippen LogP contribution is 2.16. The summed E-state index contributed by atoms with van der Waals surface area (Å²) in [5, 5.41) is 0. The van der Waals surface area contributed by atoms with E-state index in [9.17, 15) is 14.4 Å². The summed E-state index contributed by atoms with van der Waals surface area (Å²) < 4.78 is 16.7. The molecule has 58 heavy (non-hydrogen) atoms. The van der Waals surface area contributed by atoms with E-state index in [1.165, 1.54) is 186 Å².